The second-order valence-corrected chi connectivity index (χ2v) is 2.75. The summed E-state index contributed by atoms with van der Waals surface area (Å²) in [6, 6.07) is 0. The summed E-state index contributed by atoms with van der Waals surface area (Å²) < 4.78 is 0.500. The van der Waals surface area contributed by atoms with Crippen molar-refractivity contribution in [2.45, 2.75) is 19.8 Å². The fourth-order valence-electron chi connectivity index (χ4n) is 1.52. The van der Waals surface area contributed by atoms with E-state index in [-0.39, 0.29) is 0 Å². The molecule has 1 saturated heterocycles. The van der Waals surface area contributed by atoms with Gasteiger partial charge in [0.1, 0.15) is 0 Å². The first kappa shape index (κ1) is 7.48. The molecule has 0 aromatic heterocycles. The first-order valence-electron chi connectivity index (χ1n) is 3.79. The number of rotatable bonds is 2. The second-order valence-electron chi connectivity index (χ2n) is 2.75. The maximum Gasteiger partial charge on any atom is 0.318 e. The van der Waals surface area contributed by atoms with Crippen molar-refractivity contribution in [1.29, 1.82) is 0 Å². The van der Waals surface area contributed by atoms with Crippen molar-refractivity contribution in [3.05, 3.63) is 12.8 Å². The zero-order valence-electron chi connectivity index (χ0n) is 6.47. The lowest BCUT2D eigenvalue weighted by molar-refractivity contribution is -0.791. The molecule has 0 aromatic rings. The van der Waals surface area contributed by atoms with Gasteiger partial charge in [-0.15, -0.1) is 0 Å². The SMILES string of the molecule is C=C[N+]1(CC)CCCC1=O. The van der Waals surface area contributed by atoms with Crippen molar-refractivity contribution in [2.24, 2.45) is 0 Å². The normalized spacial score (nSPS) is 32.7. The van der Waals surface area contributed by atoms with Crippen LogP contribution in [0.5, 0.6) is 0 Å². The Morgan fingerprint density at radius 1 is 1.80 bits per heavy atom. The smallest absolute Gasteiger partial charge is 0.235 e. The number of quaternary nitrogens is 1. The van der Waals surface area contributed by atoms with Crippen molar-refractivity contribution in [2.75, 3.05) is 13.1 Å². The molecule has 1 aliphatic rings. The van der Waals surface area contributed by atoms with E-state index in [1.165, 1.54) is 0 Å². The molecule has 2 nitrogen and oxygen atoms in total. The van der Waals surface area contributed by atoms with E-state index >= 15 is 0 Å². The van der Waals surface area contributed by atoms with Gasteiger partial charge in [0.2, 0.25) is 0 Å². The highest BCUT2D eigenvalue weighted by molar-refractivity contribution is 5.71. The first-order valence-corrected chi connectivity index (χ1v) is 3.79. The van der Waals surface area contributed by atoms with Crippen LogP contribution in [0.2, 0.25) is 0 Å². The van der Waals surface area contributed by atoms with Crippen LogP contribution < -0.4 is 0 Å². The summed E-state index contributed by atoms with van der Waals surface area (Å²) in [6.07, 6.45) is 3.54. The molecule has 56 valence electrons. The molecule has 0 radical (unpaired) electrons. The third-order valence-corrected chi connectivity index (χ3v) is 2.36. The maximum absolute atomic E-state index is 11.3. The molecule has 1 heterocycles. The summed E-state index contributed by atoms with van der Waals surface area (Å²) in [5.41, 5.74) is 0. The minimum absolute atomic E-state index is 0.331. The van der Waals surface area contributed by atoms with E-state index < -0.39 is 0 Å². The molecule has 0 N–H and O–H groups in total. The van der Waals surface area contributed by atoms with E-state index in [1.807, 2.05) is 6.92 Å². The van der Waals surface area contributed by atoms with Gasteiger partial charge in [0.05, 0.1) is 25.7 Å². The molecule has 0 bridgehead atoms. The van der Waals surface area contributed by atoms with E-state index in [0.717, 1.165) is 25.9 Å². The molecular weight excluding hydrogens is 126 g/mol. The van der Waals surface area contributed by atoms with Crippen molar-refractivity contribution < 1.29 is 9.28 Å². The van der Waals surface area contributed by atoms with Crippen LogP contribution in [0.3, 0.4) is 0 Å². The van der Waals surface area contributed by atoms with Crippen molar-refractivity contribution in [3.63, 3.8) is 0 Å². The van der Waals surface area contributed by atoms with E-state index in [0.29, 0.717) is 10.4 Å². The molecule has 0 spiro atoms. The first-order chi connectivity index (χ1) is 4.75. The number of carbonyl (C=O) groups is 1. The van der Waals surface area contributed by atoms with E-state index in [4.69, 9.17) is 0 Å². The molecule has 1 rings (SSSR count). The summed E-state index contributed by atoms with van der Waals surface area (Å²) in [6.45, 7) is 7.54. The molecule has 1 atom stereocenters. The average Bonchev–Trinajstić information content (AvgIpc) is 2.32. The van der Waals surface area contributed by atoms with Gasteiger partial charge in [0, 0.05) is 6.42 Å². The fourth-order valence-corrected chi connectivity index (χ4v) is 1.52. The van der Waals surface area contributed by atoms with Crippen molar-refractivity contribution >= 4 is 5.91 Å². The van der Waals surface area contributed by atoms with Crippen LogP contribution in [0.25, 0.3) is 0 Å². The molecule has 1 fully saturated rings. The van der Waals surface area contributed by atoms with E-state index in [2.05, 4.69) is 6.58 Å². The molecule has 1 unspecified atom stereocenters. The average molecular weight is 140 g/mol. The molecular formula is C8H14NO+. The Hall–Kier alpha value is -0.630. The number of hydrogen-bond acceptors (Lipinski definition) is 1. The van der Waals surface area contributed by atoms with Gasteiger partial charge in [-0.2, -0.15) is 0 Å². The molecule has 2 heteroatoms. The summed E-state index contributed by atoms with van der Waals surface area (Å²) >= 11 is 0. The van der Waals surface area contributed by atoms with Gasteiger partial charge >= 0.3 is 5.91 Å². The molecule has 10 heavy (non-hydrogen) atoms. The number of carbonyl (C=O) groups excluding carboxylic acids is 1. The van der Waals surface area contributed by atoms with Gasteiger partial charge in [-0.25, -0.2) is 9.28 Å². The summed E-state index contributed by atoms with van der Waals surface area (Å²) in [5, 5.41) is 0. The topological polar surface area (TPSA) is 17.1 Å². The van der Waals surface area contributed by atoms with Crippen LogP contribution in [0, 0.1) is 0 Å². The van der Waals surface area contributed by atoms with Crippen LogP contribution in [0.4, 0.5) is 0 Å². The van der Waals surface area contributed by atoms with Gasteiger partial charge in [0.25, 0.3) is 0 Å². The molecule has 1 amide bonds. The number of amides is 1. The largest absolute Gasteiger partial charge is 0.318 e. The summed E-state index contributed by atoms with van der Waals surface area (Å²) in [7, 11) is 0. The Labute approximate surface area is 61.7 Å². The third kappa shape index (κ3) is 0.886. The van der Waals surface area contributed by atoms with Crippen LogP contribution in [0.15, 0.2) is 12.8 Å². The highest BCUT2D eigenvalue weighted by Crippen LogP contribution is 2.20. The maximum atomic E-state index is 11.3. The molecule has 0 aromatic carbocycles. The Balaban J connectivity index is 2.81. The monoisotopic (exact) mass is 140 g/mol. The van der Waals surface area contributed by atoms with Crippen molar-refractivity contribution in [3.8, 4) is 0 Å². The van der Waals surface area contributed by atoms with Crippen LogP contribution in [0.1, 0.15) is 19.8 Å². The van der Waals surface area contributed by atoms with Crippen LogP contribution in [-0.2, 0) is 4.79 Å². The Morgan fingerprint density at radius 2 is 2.50 bits per heavy atom. The van der Waals surface area contributed by atoms with Gasteiger partial charge in [0.15, 0.2) is 0 Å². The number of hydrogen-bond donors (Lipinski definition) is 0. The standard InChI is InChI=1S/C8H14NO/c1-3-9(4-2)7-5-6-8(9)10/h3H,1,4-7H2,2H3/q+1. The predicted molar refractivity (Wildman–Crippen MR) is 40.1 cm³/mol. The highest BCUT2D eigenvalue weighted by Gasteiger charge is 2.36. The zero-order valence-corrected chi connectivity index (χ0v) is 6.47. The predicted octanol–water partition coefficient (Wildman–Crippen LogP) is 1.29. The highest BCUT2D eigenvalue weighted by atomic mass is 16.2. The number of likely N-dealkylation sites (tertiary alicyclic amines) is 1. The summed E-state index contributed by atoms with van der Waals surface area (Å²) in [4.78, 5) is 11.3. The Morgan fingerprint density at radius 3 is 2.70 bits per heavy atom. The quantitative estimate of drug-likeness (QED) is 0.528. The van der Waals surface area contributed by atoms with E-state index in [1.54, 1.807) is 6.20 Å². The van der Waals surface area contributed by atoms with Gasteiger partial charge < -0.3 is 0 Å². The summed E-state index contributed by atoms with van der Waals surface area (Å²) in [5.74, 6) is 0.331. The lowest BCUT2D eigenvalue weighted by atomic mass is 10.4. The molecule has 1 aliphatic heterocycles. The van der Waals surface area contributed by atoms with Gasteiger partial charge in [-0.3, -0.25) is 0 Å². The third-order valence-electron chi connectivity index (χ3n) is 2.36. The molecule has 0 aliphatic carbocycles. The molecule has 0 saturated carbocycles. The van der Waals surface area contributed by atoms with Crippen LogP contribution >= 0.6 is 0 Å². The Kier molecular flexibility index (Phi) is 1.90. The van der Waals surface area contributed by atoms with E-state index in [9.17, 15) is 4.79 Å². The second kappa shape index (κ2) is 2.54. The van der Waals surface area contributed by atoms with Gasteiger partial charge in [-0.1, -0.05) is 0 Å². The van der Waals surface area contributed by atoms with Crippen molar-refractivity contribution in [1.82, 2.24) is 0 Å². The van der Waals surface area contributed by atoms with Crippen LogP contribution in [-0.4, -0.2) is 23.5 Å². The lowest BCUT2D eigenvalue weighted by Gasteiger charge is -2.24. The zero-order chi connectivity index (χ0) is 7.61. The fraction of sp³-hybridized carbons (Fsp3) is 0.625. The minimum atomic E-state index is 0.331. The minimum Gasteiger partial charge on any atom is -0.235 e. The number of nitrogens with zero attached hydrogens (tertiary/aromatic N) is 1. The Bertz CT molecular complexity index is 165. The van der Waals surface area contributed by atoms with Gasteiger partial charge in [-0.05, 0) is 13.5 Å². The lowest BCUT2D eigenvalue weighted by Crippen LogP contribution is -2.43.